The van der Waals surface area contributed by atoms with Crippen molar-refractivity contribution in [1.82, 2.24) is 0 Å². The number of hydrogen-bond donors (Lipinski definition) is 4. The number of hydrogen-bond acceptors (Lipinski definition) is 5. The normalized spacial score (nSPS) is 27.0. The van der Waals surface area contributed by atoms with Crippen molar-refractivity contribution in [3.05, 3.63) is 59.7 Å². The molecule has 2 heterocycles. The molecule has 2 aromatic carbocycles. The highest BCUT2D eigenvalue weighted by atomic mass is 16.6. The summed E-state index contributed by atoms with van der Waals surface area (Å²) in [5, 5.41) is 25.3. The van der Waals surface area contributed by atoms with Crippen molar-refractivity contribution in [2.75, 3.05) is 10.6 Å². The summed E-state index contributed by atoms with van der Waals surface area (Å²) in [6.45, 7) is 0. The maximum absolute atomic E-state index is 12.0. The zero-order valence-corrected chi connectivity index (χ0v) is 11.7. The van der Waals surface area contributed by atoms with Crippen molar-refractivity contribution in [3.8, 4) is 0 Å². The minimum atomic E-state index is -1.98. The number of aliphatic carboxylic acids is 2. The average Bonchev–Trinajstić information content (AvgIpc) is 2.54. The molecule has 0 fully saturated rings. The number of benzene rings is 2. The van der Waals surface area contributed by atoms with Crippen LogP contribution >= 0.6 is 0 Å². The fourth-order valence-electron chi connectivity index (χ4n) is 3.13. The van der Waals surface area contributed by atoms with Crippen LogP contribution in [0, 0.1) is 0 Å². The Kier molecular flexibility index (Phi) is 2.50. The highest BCUT2D eigenvalue weighted by Gasteiger charge is 2.62. The largest absolute Gasteiger partial charge is 0.477 e. The zero-order chi connectivity index (χ0) is 16.2. The lowest BCUT2D eigenvalue weighted by Crippen LogP contribution is -2.63. The first-order valence-corrected chi connectivity index (χ1v) is 6.92. The molecule has 0 aliphatic carbocycles. The van der Waals surface area contributed by atoms with Gasteiger partial charge in [0, 0.05) is 22.5 Å². The van der Waals surface area contributed by atoms with E-state index >= 15 is 0 Å². The number of rotatable bonds is 2. The molecular formula is C16H12N2O5. The third-order valence-electron chi connectivity index (χ3n) is 4.14. The number of anilines is 2. The summed E-state index contributed by atoms with van der Waals surface area (Å²) in [6, 6.07) is 13.2. The van der Waals surface area contributed by atoms with Crippen LogP contribution in [0.4, 0.5) is 11.4 Å². The molecule has 2 aliphatic heterocycles. The predicted molar refractivity (Wildman–Crippen MR) is 79.8 cm³/mol. The Morgan fingerprint density at radius 1 is 0.783 bits per heavy atom. The van der Waals surface area contributed by atoms with Crippen LogP contribution in [-0.4, -0.2) is 22.2 Å². The van der Waals surface area contributed by atoms with Gasteiger partial charge in [-0.1, -0.05) is 36.4 Å². The Morgan fingerprint density at radius 2 is 1.17 bits per heavy atom. The van der Waals surface area contributed by atoms with E-state index in [-0.39, 0.29) is 0 Å². The van der Waals surface area contributed by atoms with E-state index < -0.39 is 23.4 Å². The Hall–Kier alpha value is -3.06. The van der Waals surface area contributed by atoms with Crippen molar-refractivity contribution >= 4 is 23.3 Å². The molecule has 2 aliphatic rings. The van der Waals surface area contributed by atoms with E-state index in [4.69, 9.17) is 4.74 Å². The van der Waals surface area contributed by atoms with Gasteiger partial charge in [0.05, 0.1) is 0 Å². The second-order valence-electron chi connectivity index (χ2n) is 5.42. The van der Waals surface area contributed by atoms with Crippen LogP contribution in [0.1, 0.15) is 11.1 Å². The van der Waals surface area contributed by atoms with Crippen LogP contribution in [0.5, 0.6) is 0 Å². The molecule has 2 bridgehead atoms. The quantitative estimate of drug-likeness (QED) is 0.669. The number of carboxylic acid groups (broad SMARTS) is 2. The minimum Gasteiger partial charge on any atom is -0.477 e. The van der Waals surface area contributed by atoms with Crippen molar-refractivity contribution in [2.45, 2.75) is 11.4 Å². The molecule has 2 atom stereocenters. The Labute approximate surface area is 130 Å². The maximum atomic E-state index is 12.0. The minimum absolute atomic E-state index is 0.318. The molecule has 0 spiro atoms. The monoisotopic (exact) mass is 312 g/mol. The Bertz CT molecular complexity index is 782. The Morgan fingerprint density at radius 3 is 1.57 bits per heavy atom. The van der Waals surface area contributed by atoms with Gasteiger partial charge in [-0.15, -0.1) is 0 Å². The average molecular weight is 312 g/mol. The van der Waals surface area contributed by atoms with Gasteiger partial charge >= 0.3 is 11.9 Å². The molecule has 4 N–H and O–H groups in total. The van der Waals surface area contributed by atoms with E-state index in [9.17, 15) is 19.8 Å². The van der Waals surface area contributed by atoms with Gasteiger partial charge in [0.25, 0.3) is 11.4 Å². The lowest BCUT2D eigenvalue weighted by atomic mass is 9.88. The summed E-state index contributed by atoms with van der Waals surface area (Å²) < 4.78 is 5.65. The van der Waals surface area contributed by atoms with Gasteiger partial charge in [-0.05, 0) is 12.1 Å². The van der Waals surface area contributed by atoms with Gasteiger partial charge in [0.2, 0.25) is 0 Å². The molecule has 0 aromatic heterocycles. The van der Waals surface area contributed by atoms with E-state index in [1.54, 1.807) is 48.5 Å². The molecular weight excluding hydrogens is 300 g/mol. The van der Waals surface area contributed by atoms with Crippen LogP contribution < -0.4 is 10.6 Å². The Balaban J connectivity index is 2.08. The van der Waals surface area contributed by atoms with Crippen molar-refractivity contribution in [3.63, 3.8) is 0 Å². The fraction of sp³-hybridized carbons (Fsp3) is 0.125. The third-order valence-corrected chi connectivity index (χ3v) is 4.14. The van der Waals surface area contributed by atoms with E-state index in [1.807, 2.05) is 0 Å². The van der Waals surface area contributed by atoms with Gasteiger partial charge in [-0.2, -0.15) is 0 Å². The molecule has 0 saturated carbocycles. The second kappa shape index (κ2) is 4.23. The number of carbonyl (C=O) groups is 2. The molecule has 0 radical (unpaired) electrons. The molecule has 4 rings (SSSR count). The van der Waals surface area contributed by atoms with Gasteiger partial charge in [-0.3, -0.25) is 0 Å². The number of carboxylic acids is 2. The number of ether oxygens (including phenoxy) is 1. The first kappa shape index (κ1) is 13.6. The fourth-order valence-corrected chi connectivity index (χ4v) is 3.13. The SMILES string of the molecule is O=C(O)[C@@]12Nc3ccccc3[C@](C(=O)O)(Nc3ccccc31)O2. The number of fused-ring (bicyclic) bond motifs is 6. The van der Waals surface area contributed by atoms with E-state index in [0.29, 0.717) is 22.5 Å². The van der Waals surface area contributed by atoms with Crippen LogP contribution in [0.2, 0.25) is 0 Å². The molecule has 0 amide bonds. The summed E-state index contributed by atoms with van der Waals surface area (Å²) in [7, 11) is 0. The highest BCUT2D eigenvalue weighted by Crippen LogP contribution is 2.51. The lowest BCUT2D eigenvalue weighted by molar-refractivity contribution is -0.205. The molecule has 7 nitrogen and oxygen atoms in total. The number of nitrogens with one attached hydrogen (secondary N) is 2. The van der Waals surface area contributed by atoms with Crippen LogP contribution in [0.25, 0.3) is 0 Å². The summed E-state index contributed by atoms with van der Waals surface area (Å²) in [4.78, 5) is 24.0. The number of para-hydroxylation sites is 2. The van der Waals surface area contributed by atoms with E-state index in [1.165, 1.54) is 0 Å². The van der Waals surface area contributed by atoms with Crippen LogP contribution in [0.3, 0.4) is 0 Å². The summed E-state index contributed by atoms with van der Waals surface area (Å²) >= 11 is 0. The first-order valence-electron chi connectivity index (χ1n) is 6.92. The van der Waals surface area contributed by atoms with Gasteiger partial charge in [0.1, 0.15) is 0 Å². The van der Waals surface area contributed by atoms with Crippen molar-refractivity contribution in [2.24, 2.45) is 0 Å². The third kappa shape index (κ3) is 1.56. The lowest BCUT2D eigenvalue weighted by Gasteiger charge is -2.50. The molecule has 23 heavy (non-hydrogen) atoms. The predicted octanol–water partition coefficient (Wildman–Crippen LogP) is 1.73. The van der Waals surface area contributed by atoms with Gasteiger partial charge in [-0.25, -0.2) is 9.59 Å². The van der Waals surface area contributed by atoms with Crippen LogP contribution in [-0.2, 0) is 25.8 Å². The first-order chi connectivity index (χ1) is 11.0. The molecule has 0 unspecified atom stereocenters. The van der Waals surface area contributed by atoms with Gasteiger partial charge in [0.15, 0.2) is 0 Å². The van der Waals surface area contributed by atoms with E-state index in [2.05, 4.69) is 10.6 Å². The summed E-state index contributed by atoms with van der Waals surface area (Å²) in [5.74, 6) is -2.63. The van der Waals surface area contributed by atoms with E-state index in [0.717, 1.165) is 0 Å². The van der Waals surface area contributed by atoms with Crippen LogP contribution in [0.15, 0.2) is 48.5 Å². The molecule has 2 aromatic rings. The molecule has 0 saturated heterocycles. The standard InChI is InChI=1S/C16H12N2O5/c19-13(20)15-9-5-1-3-7-11(9)17-16(23-15,14(21)22)10-6-2-4-8-12(10)18-15/h1-8,17-18H,(H,19,20)(H,21,22)/t15-,16+. The summed E-state index contributed by atoms with van der Waals surface area (Å²) in [6.07, 6.45) is 0. The smallest absolute Gasteiger partial charge is 0.362 e. The molecule has 116 valence electrons. The summed E-state index contributed by atoms with van der Waals surface area (Å²) in [5.41, 5.74) is -2.53. The van der Waals surface area contributed by atoms with Gasteiger partial charge < -0.3 is 25.6 Å². The second-order valence-corrected chi connectivity index (χ2v) is 5.42. The van der Waals surface area contributed by atoms with Crippen molar-refractivity contribution in [1.29, 1.82) is 0 Å². The molecule has 7 heteroatoms. The maximum Gasteiger partial charge on any atom is 0.362 e. The highest BCUT2D eigenvalue weighted by molar-refractivity contribution is 5.94. The van der Waals surface area contributed by atoms with Crippen molar-refractivity contribution < 1.29 is 24.5 Å². The topological polar surface area (TPSA) is 108 Å². The zero-order valence-electron chi connectivity index (χ0n) is 11.7.